The van der Waals surface area contributed by atoms with Crippen LogP contribution in [0.15, 0.2) is 60.8 Å². The highest BCUT2D eigenvalue weighted by molar-refractivity contribution is 5.57. The molecule has 0 aliphatic carbocycles. The summed E-state index contributed by atoms with van der Waals surface area (Å²) in [6.45, 7) is 11.0. The zero-order chi connectivity index (χ0) is 25.9. The Balaban J connectivity index is 0.000000270. The predicted molar refractivity (Wildman–Crippen MR) is 146 cm³/mol. The number of nitrogens with two attached hydrogens (primary N) is 1. The quantitative estimate of drug-likeness (QED) is 0.261. The molecule has 1 atom stereocenters. The summed E-state index contributed by atoms with van der Waals surface area (Å²) in [6, 6.07) is 10.5. The molecule has 1 aromatic carbocycles. The smallest absolute Gasteiger partial charge is 0.212 e. The molecule has 4 rings (SSSR count). The summed E-state index contributed by atoms with van der Waals surface area (Å²) in [5.41, 5.74) is 4.21. The highest BCUT2D eigenvalue weighted by Crippen LogP contribution is 2.24. The van der Waals surface area contributed by atoms with E-state index in [1.807, 2.05) is 49.6 Å². The van der Waals surface area contributed by atoms with E-state index in [1.165, 1.54) is 30.4 Å². The number of anilines is 1. The number of allylic oxidation sites excluding steroid dienone is 1. The first-order valence-corrected chi connectivity index (χ1v) is 13.0. The number of carbonyl (C=O) groups is 1. The number of nitrogens with one attached hydrogen (secondary N) is 1. The van der Waals surface area contributed by atoms with Crippen LogP contribution in [0.25, 0.3) is 5.65 Å². The predicted octanol–water partition coefficient (Wildman–Crippen LogP) is 4.45. The Morgan fingerprint density at radius 1 is 1.25 bits per heavy atom. The van der Waals surface area contributed by atoms with Gasteiger partial charge in [0.25, 0.3) is 0 Å². The standard InChI is InChI=1S/C20H32N4O.C8H9N3/c1-4-17(3)23-13-11-18(12-14-23)7-10-20(22-15-25)24(21)19-8-5-16(2)6-9-19;1-2-7-6-10-11-5-3-4-9-8(7)11/h5-6,8-10,15,17-18H,4,7,11-14,21H2,1-3H3,(H,22,25);3-6H,2H2,1H3/b20-10-;. The minimum Gasteiger partial charge on any atom is -0.314 e. The van der Waals surface area contributed by atoms with Gasteiger partial charge in [0.05, 0.1) is 11.9 Å². The third-order valence-corrected chi connectivity index (χ3v) is 7.02. The summed E-state index contributed by atoms with van der Waals surface area (Å²) in [5.74, 6) is 7.50. The SMILES string of the molecule is CCC(C)N1CCC(C/C=C(/NC=O)N(N)c2ccc(C)cc2)CC1.CCc1cnn2cccnc12. The minimum atomic E-state index is 0.642. The molecule has 0 spiro atoms. The second kappa shape index (κ2) is 13.8. The molecule has 1 unspecified atom stereocenters. The summed E-state index contributed by atoms with van der Waals surface area (Å²) in [5, 5.41) is 8.43. The molecule has 0 radical (unpaired) electrons. The lowest BCUT2D eigenvalue weighted by molar-refractivity contribution is -0.109. The van der Waals surface area contributed by atoms with E-state index in [0.29, 0.717) is 24.2 Å². The third-order valence-electron chi connectivity index (χ3n) is 7.02. The molecule has 0 saturated carbocycles. The van der Waals surface area contributed by atoms with Gasteiger partial charge >= 0.3 is 0 Å². The fourth-order valence-electron chi connectivity index (χ4n) is 4.42. The number of amides is 1. The molecule has 1 aliphatic heterocycles. The first kappa shape index (κ1) is 27.4. The van der Waals surface area contributed by atoms with Gasteiger partial charge in [0.1, 0.15) is 5.82 Å². The van der Waals surface area contributed by atoms with Crippen LogP contribution in [-0.2, 0) is 11.2 Å². The van der Waals surface area contributed by atoms with Crippen LogP contribution in [0.3, 0.4) is 0 Å². The van der Waals surface area contributed by atoms with Crippen LogP contribution in [0.1, 0.15) is 57.6 Å². The summed E-state index contributed by atoms with van der Waals surface area (Å²) >= 11 is 0. The third kappa shape index (κ3) is 7.38. The number of carbonyl (C=O) groups excluding carboxylic acids is 1. The molecule has 0 bridgehead atoms. The average molecular weight is 492 g/mol. The Morgan fingerprint density at radius 3 is 2.61 bits per heavy atom. The van der Waals surface area contributed by atoms with E-state index >= 15 is 0 Å². The maximum Gasteiger partial charge on any atom is 0.212 e. The van der Waals surface area contributed by atoms with Crippen molar-refractivity contribution in [1.29, 1.82) is 0 Å². The van der Waals surface area contributed by atoms with Crippen LogP contribution in [-0.4, -0.2) is 45.0 Å². The van der Waals surface area contributed by atoms with E-state index in [2.05, 4.69) is 47.1 Å². The molecule has 1 fully saturated rings. The lowest BCUT2D eigenvalue weighted by Crippen LogP contribution is -2.40. The lowest BCUT2D eigenvalue weighted by atomic mass is 9.92. The zero-order valence-corrected chi connectivity index (χ0v) is 22.1. The highest BCUT2D eigenvalue weighted by Gasteiger charge is 2.21. The number of aryl methyl sites for hydroxylation is 2. The van der Waals surface area contributed by atoms with Crippen molar-refractivity contribution in [2.45, 2.75) is 65.8 Å². The number of piperidine rings is 1. The van der Waals surface area contributed by atoms with Crippen molar-refractivity contribution in [2.75, 3.05) is 18.1 Å². The fraction of sp³-hybridized carbons (Fsp3) is 0.464. The number of likely N-dealkylation sites (tertiary alicyclic amines) is 1. The van der Waals surface area contributed by atoms with Gasteiger partial charge in [-0.2, -0.15) is 5.10 Å². The van der Waals surface area contributed by atoms with Gasteiger partial charge in [0.15, 0.2) is 5.65 Å². The second-order valence-electron chi connectivity index (χ2n) is 9.44. The number of fused-ring (bicyclic) bond motifs is 1. The normalized spacial score (nSPS) is 15.8. The number of hydrazine groups is 1. The van der Waals surface area contributed by atoms with Gasteiger partial charge in [-0.25, -0.2) is 15.3 Å². The van der Waals surface area contributed by atoms with Gasteiger partial charge in [0.2, 0.25) is 6.41 Å². The molecule has 1 amide bonds. The Kier molecular flexibility index (Phi) is 10.5. The molecule has 1 saturated heterocycles. The molecular formula is C28H41N7O. The van der Waals surface area contributed by atoms with Gasteiger partial charge in [-0.05, 0) is 89.2 Å². The second-order valence-corrected chi connectivity index (χ2v) is 9.44. The maximum atomic E-state index is 11.0. The van der Waals surface area contributed by atoms with E-state index < -0.39 is 0 Å². The number of hydrogen-bond donors (Lipinski definition) is 2. The van der Waals surface area contributed by atoms with E-state index in [4.69, 9.17) is 5.84 Å². The van der Waals surface area contributed by atoms with Crippen molar-refractivity contribution in [3.8, 4) is 0 Å². The first-order valence-electron chi connectivity index (χ1n) is 13.0. The van der Waals surface area contributed by atoms with E-state index in [9.17, 15) is 4.79 Å². The summed E-state index contributed by atoms with van der Waals surface area (Å²) in [4.78, 5) is 17.8. The maximum absolute atomic E-state index is 11.0. The molecule has 2 aromatic heterocycles. The van der Waals surface area contributed by atoms with Crippen molar-refractivity contribution < 1.29 is 4.79 Å². The van der Waals surface area contributed by atoms with Crippen molar-refractivity contribution >= 4 is 17.7 Å². The van der Waals surface area contributed by atoms with Crippen LogP contribution in [0.5, 0.6) is 0 Å². The number of aromatic nitrogens is 3. The van der Waals surface area contributed by atoms with E-state index in [1.54, 1.807) is 15.7 Å². The Bertz CT molecular complexity index is 1100. The van der Waals surface area contributed by atoms with E-state index in [-0.39, 0.29) is 0 Å². The Hall–Kier alpha value is -3.23. The van der Waals surface area contributed by atoms with Gasteiger partial charge in [-0.3, -0.25) is 9.80 Å². The van der Waals surface area contributed by atoms with Gasteiger partial charge in [0, 0.05) is 24.0 Å². The minimum absolute atomic E-state index is 0.642. The summed E-state index contributed by atoms with van der Waals surface area (Å²) < 4.78 is 1.79. The van der Waals surface area contributed by atoms with Crippen molar-refractivity contribution in [3.05, 3.63) is 71.9 Å². The molecule has 36 heavy (non-hydrogen) atoms. The number of benzene rings is 1. The summed E-state index contributed by atoms with van der Waals surface area (Å²) in [6.07, 6.45) is 13.8. The Labute approximate surface area is 215 Å². The molecule has 1 aliphatic rings. The van der Waals surface area contributed by atoms with Crippen LogP contribution in [0.2, 0.25) is 0 Å². The van der Waals surface area contributed by atoms with Crippen molar-refractivity contribution in [3.63, 3.8) is 0 Å². The zero-order valence-electron chi connectivity index (χ0n) is 22.1. The monoisotopic (exact) mass is 491 g/mol. The van der Waals surface area contributed by atoms with Crippen LogP contribution in [0, 0.1) is 12.8 Å². The average Bonchev–Trinajstić information content (AvgIpc) is 3.34. The summed E-state index contributed by atoms with van der Waals surface area (Å²) in [7, 11) is 0. The molecule has 3 heterocycles. The number of nitrogens with zero attached hydrogens (tertiary/aromatic N) is 5. The van der Waals surface area contributed by atoms with Crippen molar-refractivity contribution in [1.82, 2.24) is 24.8 Å². The molecule has 194 valence electrons. The lowest BCUT2D eigenvalue weighted by Gasteiger charge is -2.35. The fourth-order valence-corrected chi connectivity index (χ4v) is 4.42. The van der Waals surface area contributed by atoms with Gasteiger partial charge in [-0.1, -0.05) is 31.5 Å². The molecule has 8 nitrogen and oxygen atoms in total. The van der Waals surface area contributed by atoms with Crippen LogP contribution >= 0.6 is 0 Å². The van der Waals surface area contributed by atoms with E-state index in [0.717, 1.165) is 37.3 Å². The molecule has 8 heteroatoms. The van der Waals surface area contributed by atoms with Gasteiger partial charge in [-0.15, -0.1) is 0 Å². The molecule has 3 aromatic rings. The highest BCUT2D eigenvalue weighted by atomic mass is 16.1. The molecular weight excluding hydrogens is 450 g/mol. The van der Waals surface area contributed by atoms with Gasteiger partial charge < -0.3 is 10.2 Å². The van der Waals surface area contributed by atoms with Crippen molar-refractivity contribution in [2.24, 2.45) is 11.8 Å². The topological polar surface area (TPSA) is 91.8 Å². The van der Waals surface area contributed by atoms with Crippen LogP contribution in [0.4, 0.5) is 5.69 Å². The molecule has 3 N–H and O–H groups in total. The first-order chi connectivity index (χ1) is 17.5. The Morgan fingerprint density at radius 2 is 1.97 bits per heavy atom. The largest absolute Gasteiger partial charge is 0.314 e. The van der Waals surface area contributed by atoms with Crippen LogP contribution < -0.4 is 16.2 Å². The number of rotatable bonds is 9. The number of hydrogen-bond acceptors (Lipinski definition) is 6.